The maximum absolute atomic E-state index is 11.7. The van der Waals surface area contributed by atoms with Crippen LogP contribution in [0, 0.1) is 0 Å². The fraction of sp³-hybridized carbons (Fsp3) is 0.292. The molecule has 27 heavy (non-hydrogen) atoms. The van der Waals surface area contributed by atoms with E-state index in [1.54, 1.807) is 12.2 Å². The van der Waals surface area contributed by atoms with Crippen LogP contribution < -0.4 is 0 Å². The summed E-state index contributed by atoms with van der Waals surface area (Å²) in [7, 11) is 3.38. The van der Waals surface area contributed by atoms with E-state index in [1.807, 2.05) is 69.7 Å². The minimum Gasteiger partial charge on any atom is -0.465 e. The minimum absolute atomic E-state index is 0.314. The normalized spacial score (nSPS) is 10.5. The number of rotatable bonds is 5. The molecule has 2 aromatic rings. The van der Waals surface area contributed by atoms with E-state index in [-0.39, 0.29) is 5.97 Å². The number of aryl methyl sites for hydroxylation is 1. The van der Waals surface area contributed by atoms with Gasteiger partial charge in [0.2, 0.25) is 0 Å². The molecule has 0 aliphatic heterocycles. The second-order valence-electron chi connectivity index (χ2n) is 5.55. The van der Waals surface area contributed by atoms with Gasteiger partial charge in [-0.2, -0.15) is 0 Å². The van der Waals surface area contributed by atoms with Crippen molar-refractivity contribution in [1.82, 2.24) is 4.57 Å². The number of carbonyl (C=O) groups is 1. The number of aromatic nitrogens is 1. The van der Waals surface area contributed by atoms with Gasteiger partial charge in [0.05, 0.1) is 12.7 Å². The molecule has 3 heteroatoms. The standard InChI is InChI=1S/C19H21NO2.C3H6.C2H6/c1-5-7-14(8-6-2)11-16-13-20(3)18-12-15(19(21)22-4)9-10-17(16)18;1-3-2;1-2/h5-10,12-13H,1,11H2,2-4H3;3H,1H2,2H3;1-2H3/b8-6-,14-7+;;. The van der Waals surface area contributed by atoms with Gasteiger partial charge in [0, 0.05) is 24.1 Å². The van der Waals surface area contributed by atoms with E-state index in [4.69, 9.17) is 4.74 Å². The monoisotopic (exact) mass is 367 g/mol. The predicted octanol–water partition coefficient (Wildman–Crippen LogP) is 6.41. The summed E-state index contributed by atoms with van der Waals surface area (Å²) in [6, 6.07) is 5.67. The summed E-state index contributed by atoms with van der Waals surface area (Å²) >= 11 is 0. The summed E-state index contributed by atoms with van der Waals surface area (Å²) in [6.45, 7) is 15.0. The van der Waals surface area contributed by atoms with Crippen molar-refractivity contribution < 1.29 is 9.53 Å². The summed E-state index contributed by atoms with van der Waals surface area (Å²) in [4.78, 5) is 11.7. The third kappa shape index (κ3) is 7.14. The van der Waals surface area contributed by atoms with Crippen LogP contribution in [0.15, 0.2) is 73.5 Å². The Hall–Kier alpha value is -2.81. The van der Waals surface area contributed by atoms with Crippen molar-refractivity contribution in [1.29, 1.82) is 0 Å². The molecule has 0 bridgehead atoms. The quantitative estimate of drug-likeness (QED) is 0.347. The molecule has 0 aliphatic rings. The molecule has 0 unspecified atom stereocenters. The third-order valence-corrected chi connectivity index (χ3v) is 3.60. The van der Waals surface area contributed by atoms with Crippen molar-refractivity contribution in [3.05, 3.63) is 84.6 Å². The lowest BCUT2D eigenvalue weighted by atomic mass is 10.0. The second kappa shape index (κ2) is 13.4. The highest BCUT2D eigenvalue weighted by Crippen LogP contribution is 2.25. The topological polar surface area (TPSA) is 31.2 Å². The van der Waals surface area contributed by atoms with Crippen LogP contribution in [0.1, 0.15) is 43.6 Å². The summed E-state index contributed by atoms with van der Waals surface area (Å²) in [6.07, 6.45) is 12.6. The van der Waals surface area contributed by atoms with Gasteiger partial charge in [-0.25, -0.2) is 4.79 Å². The third-order valence-electron chi connectivity index (χ3n) is 3.60. The Morgan fingerprint density at radius 2 is 1.85 bits per heavy atom. The average molecular weight is 368 g/mol. The van der Waals surface area contributed by atoms with Gasteiger partial charge in [-0.3, -0.25) is 0 Å². The van der Waals surface area contributed by atoms with E-state index < -0.39 is 0 Å². The van der Waals surface area contributed by atoms with E-state index in [9.17, 15) is 4.79 Å². The molecule has 2 rings (SSSR count). The van der Waals surface area contributed by atoms with E-state index in [1.165, 1.54) is 18.2 Å². The van der Waals surface area contributed by atoms with Gasteiger partial charge in [0.1, 0.15) is 0 Å². The summed E-state index contributed by atoms with van der Waals surface area (Å²) in [5, 5.41) is 1.15. The Bertz CT molecular complexity index is 807. The molecular weight excluding hydrogens is 334 g/mol. The SMILES string of the molecule is C=C/C=C(\C=C/C)Cc1cn(C)c2cc(C(=O)OC)ccc12.C=CC.CC. The Kier molecular flexibility index (Phi) is 12.0. The lowest BCUT2D eigenvalue weighted by molar-refractivity contribution is 0.0601. The first kappa shape index (κ1) is 24.2. The number of fused-ring (bicyclic) bond motifs is 1. The molecule has 1 heterocycles. The maximum atomic E-state index is 11.7. The van der Waals surface area contributed by atoms with Gasteiger partial charge in [0.25, 0.3) is 0 Å². The smallest absolute Gasteiger partial charge is 0.337 e. The molecule has 0 amide bonds. The molecule has 0 fully saturated rings. The van der Waals surface area contributed by atoms with Crippen LogP contribution in [0.25, 0.3) is 10.9 Å². The number of ether oxygens (including phenoxy) is 1. The van der Waals surface area contributed by atoms with Crippen LogP contribution >= 0.6 is 0 Å². The largest absolute Gasteiger partial charge is 0.465 e. The molecule has 3 nitrogen and oxygen atoms in total. The molecule has 0 radical (unpaired) electrons. The summed E-state index contributed by atoms with van der Waals surface area (Å²) < 4.78 is 6.82. The molecule has 0 saturated carbocycles. The van der Waals surface area contributed by atoms with Gasteiger partial charge >= 0.3 is 5.97 Å². The van der Waals surface area contributed by atoms with E-state index in [2.05, 4.69) is 25.4 Å². The average Bonchev–Trinajstić information content (AvgIpc) is 2.99. The van der Waals surface area contributed by atoms with Crippen molar-refractivity contribution in [3.8, 4) is 0 Å². The lowest BCUT2D eigenvalue weighted by Crippen LogP contribution is -2.01. The highest BCUT2D eigenvalue weighted by atomic mass is 16.5. The molecule has 0 atom stereocenters. The van der Waals surface area contributed by atoms with Gasteiger partial charge in [-0.15, -0.1) is 6.58 Å². The second-order valence-corrected chi connectivity index (χ2v) is 5.55. The number of hydrogen-bond acceptors (Lipinski definition) is 2. The molecular formula is C24H33NO2. The van der Waals surface area contributed by atoms with Crippen LogP contribution in [0.3, 0.4) is 0 Å². The van der Waals surface area contributed by atoms with Crippen molar-refractivity contribution in [2.45, 2.75) is 34.1 Å². The molecule has 0 spiro atoms. The van der Waals surface area contributed by atoms with Gasteiger partial charge < -0.3 is 9.30 Å². The predicted molar refractivity (Wildman–Crippen MR) is 118 cm³/mol. The van der Waals surface area contributed by atoms with Gasteiger partial charge in [-0.1, -0.05) is 56.9 Å². The molecule has 1 aromatic carbocycles. The number of hydrogen-bond donors (Lipinski definition) is 0. The fourth-order valence-electron chi connectivity index (χ4n) is 2.61. The number of methoxy groups -OCH3 is 1. The number of esters is 1. The van der Waals surface area contributed by atoms with Crippen molar-refractivity contribution >= 4 is 16.9 Å². The molecule has 0 saturated heterocycles. The molecule has 0 aliphatic carbocycles. The van der Waals surface area contributed by atoms with E-state index >= 15 is 0 Å². The van der Waals surface area contributed by atoms with Crippen LogP contribution in [-0.4, -0.2) is 17.6 Å². The van der Waals surface area contributed by atoms with Crippen molar-refractivity contribution in [3.63, 3.8) is 0 Å². The Labute approximate surface area is 164 Å². The molecule has 1 aromatic heterocycles. The number of nitrogens with zero attached hydrogens (tertiary/aromatic N) is 1. The maximum Gasteiger partial charge on any atom is 0.337 e. The van der Waals surface area contributed by atoms with Gasteiger partial charge in [-0.05, 0) is 43.5 Å². The summed E-state index contributed by atoms with van der Waals surface area (Å²) in [5.74, 6) is -0.314. The number of carbonyl (C=O) groups excluding carboxylic acids is 1. The number of allylic oxidation sites excluding steroid dienone is 6. The molecule has 146 valence electrons. The first-order valence-corrected chi connectivity index (χ1v) is 9.19. The first-order valence-electron chi connectivity index (χ1n) is 9.19. The first-order chi connectivity index (χ1) is 13.0. The van der Waals surface area contributed by atoms with Crippen LogP contribution in [0.2, 0.25) is 0 Å². The highest BCUT2D eigenvalue weighted by molar-refractivity contribution is 5.95. The fourth-order valence-corrected chi connectivity index (χ4v) is 2.61. The van der Waals surface area contributed by atoms with Crippen molar-refractivity contribution in [2.24, 2.45) is 7.05 Å². The Balaban J connectivity index is 0.00000123. The number of benzene rings is 1. The van der Waals surface area contributed by atoms with Crippen LogP contribution in [0.5, 0.6) is 0 Å². The van der Waals surface area contributed by atoms with E-state index in [0.717, 1.165) is 17.3 Å². The Morgan fingerprint density at radius 3 is 2.37 bits per heavy atom. The van der Waals surface area contributed by atoms with Gasteiger partial charge in [0.15, 0.2) is 0 Å². The van der Waals surface area contributed by atoms with Crippen molar-refractivity contribution in [2.75, 3.05) is 7.11 Å². The summed E-state index contributed by atoms with van der Waals surface area (Å²) in [5.41, 5.74) is 4.01. The Morgan fingerprint density at radius 1 is 1.22 bits per heavy atom. The van der Waals surface area contributed by atoms with E-state index in [0.29, 0.717) is 5.56 Å². The van der Waals surface area contributed by atoms with Crippen LogP contribution in [0.4, 0.5) is 0 Å². The zero-order chi connectivity index (χ0) is 20.8. The molecule has 0 N–H and O–H groups in total. The highest BCUT2D eigenvalue weighted by Gasteiger charge is 2.11. The lowest BCUT2D eigenvalue weighted by Gasteiger charge is -2.03. The minimum atomic E-state index is -0.314. The zero-order valence-corrected chi connectivity index (χ0v) is 17.6. The van der Waals surface area contributed by atoms with Crippen LogP contribution in [-0.2, 0) is 18.2 Å². The zero-order valence-electron chi connectivity index (χ0n) is 17.6.